The fraction of sp³-hybridized carbons (Fsp3) is 0.176. The van der Waals surface area contributed by atoms with Crippen LogP contribution in [0.5, 0.6) is 0 Å². The minimum atomic E-state index is 0.503. The second kappa shape index (κ2) is 3.10. The summed E-state index contributed by atoms with van der Waals surface area (Å²) < 4.78 is 0. The van der Waals surface area contributed by atoms with E-state index in [1.807, 2.05) is 0 Å². The molecule has 17 heavy (non-hydrogen) atoms. The molecular formula is C17H14. The van der Waals surface area contributed by atoms with Crippen LogP contribution in [0.25, 0.3) is 0 Å². The van der Waals surface area contributed by atoms with Crippen LogP contribution in [0.15, 0.2) is 82.0 Å². The summed E-state index contributed by atoms with van der Waals surface area (Å²) in [4.78, 5) is 0. The van der Waals surface area contributed by atoms with Gasteiger partial charge in [-0.15, -0.1) is 0 Å². The molecule has 1 atom stereocenters. The highest BCUT2D eigenvalue weighted by Crippen LogP contribution is 2.47. The molecule has 0 spiro atoms. The lowest BCUT2D eigenvalue weighted by atomic mass is 9.68. The van der Waals surface area contributed by atoms with Gasteiger partial charge in [0.15, 0.2) is 0 Å². The first-order valence-electron chi connectivity index (χ1n) is 6.23. The van der Waals surface area contributed by atoms with E-state index in [0.29, 0.717) is 5.92 Å². The van der Waals surface area contributed by atoms with Crippen molar-refractivity contribution < 1.29 is 0 Å². The lowest BCUT2D eigenvalue weighted by molar-refractivity contribution is 0.831. The number of rotatable bonds is 0. The molecule has 0 amide bonds. The van der Waals surface area contributed by atoms with E-state index in [-0.39, 0.29) is 0 Å². The van der Waals surface area contributed by atoms with E-state index in [2.05, 4.69) is 55.5 Å². The second-order valence-electron chi connectivity index (χ2n) is 5.13. The van der Waals surface area contributed by atoms with Gasteiger partial charge in [0.1, 0.15) is 0 Å². The number of hydrogen-bond acceptors (Lipinski definition) is 0. The van der Waals surface area contributed by atoms with Gasteiger partial charge in [-0.3, -0.25) is 0 Å². The number of hydrogen-bond donors (Lipinski definition) is 0. The van der Waals surface area contributed by atoms with Gasteiger partial charge in [-0.25, -0.2) is 0 Å². The molecule has 0 heterocycles. The van der Waals surface area contributed by atoms with Crippen molar-refractivity contribution in [2.24, 2.45) is 5.92 Å². The van der Waals surface area contributed by atoms with Gasteiger partial charge in [0.2, 0.25) is 0 Å². The van der Waals surface area contributed by atoms with E-state index in [4.69, 9.17) is 0 Å². The first-order chi connectivity index (χ1) is 8.33. The molecular weight excluding hydrogens is 204 g/mol. The zero-order valence-corrected chi connectivity index (χ0v) is 9.90. The molecule has 4 aliphatic carbocycles. The van der Waals surface area contributed by atoms with Gasteiger partial charge in [-0.2, -0.15) is 0 Å². The predicted octanol–water partition coefficient (Wildman–Crippen LogP) is 4.18. The van der Waals surface area contributed by atoms with Gasteiger partial charge in [0.05, 0.1) is 0 Å². The summed E-state index contributed by atoms with van der Waals surface area (Å²) in [6.45, 7) is 2.18. The number of allylic oxidation sites excluding steroid dienone is 14. The van der Waals surface area contributed by atoms with Gasteiger partial charge < -0.3 is 0 Å². The molecule has 0 aromatic carbocycles. The van der Waals surface area contributed by atoms with Crippen LogP contribution in [0.1, 0.15) is 13.3 Å². The SMILES string of the molecule is CC1=CC2=CC=C3C=CCC4=C3C2C(=C1)C=C4. The van der Waals surface area contributed by atoms with Crippen LogP contribution in [0.2, 0.25) is 0 Å². The Morgan fingerprint density at radius 1 is 1.00 bits per heavy atom. The highest BCUT2D eigenvalue weighted by atomic mass is 14.4. The molecule has 0 aliphatic heterocycles. The van der Waals surface area contributed by atoms with Crippen molar-refractivity contribution in [3.8, 4) is 0 Å². The average Bonchev–Trinajstić information content (AvgIpc) is 2.35. The Morgan fingerprint density at radius 2 is 1.94 bits per heavy atom. The van der Waals surface area contributed by atoms with Crippen LogP contribution in [-0.4, -0.2) is 0 Å². The van der Waals surface area contributed by atoms with Crippen molar-refractivity contribution in [2.45, 2.75) is 13.3 Å². The van der Waals surface area contributed by atoms with Gasteiger partial charge in [0.25, 0.3) is 0 Å². The summed E-state index contributed by atoms with van der Waals surface area (Å²) in [6.07, 6.45) is 19.4. The Labute approximate surface area is 102 Å². The van der Waals surface area contributed by atoms with Gasteiger partial charge in [-0.05, 0) is 41.2 Å². The molecule has 0 radical (unpaired) electrons. The van der Waals surface area contributed by atoms with E-state index in [1.54, 1.807) is 5.57 Å². The second-order valence-corrected chi connectivity index (χ2v) is 5.13. The van der Waals surface area contributed by atoms with Gasteiger partial charge >= 0.3 is 0 Å². The van der Waals surface area contributed by atoms with E-state index < -0.39 is 0 Å². The van der Waals surface area contributed by atoms with Crippen molar-refractivity contribution in [1.29, 1.82) is 0 Å². The molecule has 4 aliphatic rings. The van der Waals surface area contributed by atoms with Crippen LogP contribution in [-0.2, 0) is 0 Å². The molecule has 0 saturated carbocycles. The standard InChI is InChI=1S/C17H14/c1-11-9-14-7-5-12-3-2-4-13-6-8-15(10-11)17(14)16(12)13/h2-3,5-10,17H,4H2,1H3. The van der Waals surface area contributed by atoms with Crippen LogP contribution >= 0.6 is 0 Å². The first kappa shape index (κ1) is 9.23. The van der Waals surface area contributed by atoms with Gasteiger partial charge in [0, 0.05) is 5.92 Å². The molecule has 0 fully saturated rings. The fourth-order valence-electron chi connectivity index (χ4n) is 3.28. The fourth-order valence-corrected chi connectivity index (χ4v) is 3.28. The van der Waals surface area contributed by atoms with E-state index in [0.717, 1.165) is 6.42 Å². The van der Waals surface area contributed by atoms with E-state index in [1.165, 1.54) is 27.9 Å². The van der Waals surface area contributed by atoms with Crippen molar-refractivity contribution in [1.82, 2.24) is 0 Å². The molecule has 0 bridgehead atoms. The molecule has 82 valence electrons. The lowest BCUT2D eigenvalue weighted by Crippen LogP contribution is -2.21. The van der Waals surface area contributed by atoms with Crippen LogP contribution < -0.4 is 0 Å². The van der Waals surface area contributed by atoms with Crippen molar-refractivity contribution >= 4 is 0 Å². The Bertz CT molecular complexity index is 625. The maximum atomic E-state index is 2.32. The molecule has 1 unspecified atom stereocenters. The van der Waals surface area contributed by atoms with Crippen molar-refractivity contribution in [2.75, 3.05) is 0 Å². The molecule has 0 saturated heterocycles. The quantitative estimate of drug-likeness (QED) is 0.572. The van der Waals surface area contributed by atoms with Crippen LogP contribution in [0, 0.1) is 5.92 Å². The molecule has 4 rings (SSSR count). The first-order valence-corrected chi connectivity index (χ1v) is 6.23. The van der Waals surface area contributed by atoms with E-state index in [9.17, 15) is 0 Å². The predicted molar refractivity (Wildman–Crippen MR) is 71.4 cm³/mol. The van der Waals surface area contributed by atoms with Crippen LogP contribution in [0.3, 0.4) is 0 Å². The summed E-state index contributed by atoms with van der Waals surface area (Å²) >= 11 is 0. The minimum absolute atomic E-state index is 0.503. The maximum absolute atomic E-state index is 2.32. The van der Waals surface area contributed by atoms with Crippen molar-refractivity contribution in [3.63, 3.8) is 0 Å². The summed E-state index contributed by atoms with van der Waals surface area (Å²) in [5.74, 6) is 0.503. The molecule has 0 nitrogen and oxygen atoms in total. The summed E-state index contributed by atoms with van der Waals surface area (Å²) in [5, 5.41) is 0. The summed E-state index contributed by atoms with van der Waals surface area (Å²) in [7, 11) is 0. The Kier molecular flexibility index (Phi) is 1.69. The van der Waals surface area contributed by atoms with Crippen molar-refractivity contribution in [3.05, 3.63) is 82.0 Å². The molecule has 0 aromatic rings. The Morgan fingerprint density at radius 3 is 2.88 bits per heavy atom. The molecule has 0 heteroatoms. The normalized spacial score (nSPS) is 28.2. The Hall–Kier alpha value is -1.82. The highest BCUT2D eigenvalue weighted by molar-refractivity contribution is 5.67. The molecule has 0 aromatic heterocycles. The zero-order chi connectivity index (χ0) is 11.4. The lowest BCUT2D eigenvalue weighted by Gasteiger charge is -2.35. The van der Waals surface area contributed by atoms with E-state index >= 15 is 0 Å². The average molecular weight is 218 g/mol. The Balaban J connectivity index is 2.02. The largest absolute Gasteiger partial charge is 0.0795 e. The monoisotopic (exact) mass is 218 g/mol. The third-order valence-corrected chi connectivity index (χ3v) is 3.97. The third-order valence-electron chi connectivity index (χ3n) is 3.97. The van der Waals surface area contributed by atoms with Crippen LogP contribution in [0.4, 0.5) is 0 Å². The topological polar surface area (TPSA) is 0 Å². The maximum Gasteiger partial charge on any atom is 0.0348 e. The summed E-state index contributed by atoms with van der Waals surface area (Å²) in [5.41, 5.74) is 8.72. The summed E-state index contributed by atoms with van der Waals surface area (Å²) in [6, 6.07) is 0. The smallest absolute Gasteiger partial charge is 0.0348 e. The minimum Gasteiger partial charge on any atom is -0.0795 e. The molecule has 0 N–H and O–H groups in total. The van der Waals surface area contributed by atoms with Gasteiger partial charge in [-0.1, -0.05) is 54.2 Å². The highest BCUT2D eigenvalue weighted by Gasteiger charge is 2.32. The zero-order valence-electron chi connectivity index (χ0n) is 9.90. The third kappa shape index (κ3) is 1.18.